The maximum Gasteiger partial charge on any atom is 0.224 e. The van der Waals surface area contributed by atoms with Crippen molar-refractivity contribution in [3.05, 3.63) is 12.3 Å². The van der Waals surface area contributed by atoms with E-state index >= 15 is 0 Å². The quantitative estimate of drug-likeness (QED) is 0.768. The lowest BCUT2D eigenvalue weighted by molar-refractivity contribution is 0.202. The normalized spacial score (nSPS) is 10.7. The molecule has 0 atom stereocenters. The lowest BCUT2D eigenvalue weighted by atomic mass is 10.1. The van der Waals surface area contributed by atoms with Gasteiger partial charge in [0.2, 0.25) is 5.95 Å². The molecule has 1 rings (SSSR count). The summed E-state index contributed by atoms with van der Waals surface area (Å²) in [5.41, 5.74) is 0. The average Bonchev–Trinajstić information content (AvgIpc) is 2.43. The first kappa shape index (κ1) is 14.7. The van der Waals surface area contributed by atoms with Crippen LogP contribution in [0.15, 0.2) is 12.3 Å². The third kappa shape index (κ3) is 3.84. The largest absolute Gasteiger partial charge is 0.383 e. The fraction of sp³-hybridized carbons (Fsp3) is 0.692. The molecule has 0 fully saturated rings. The molecule has 5 heteroatoms. The molecule has 1 aromatic heterocycles. The van der Waals surface area contributed by atoms with E-state index in [0.717, 1.165) is 25.2 Å². The lowest BCUT2D eigenvalue weighted by Gasteiger charge is -2.31. The highest BCUT2D eigenvalue weighted by molar-refractivity contribution is 5.43. The maximum absolute atomic E-state index is 5.19. The third-order valence-electron chi connectivity index (χ3n) is 3.08. The van der Waals surface area contributed by atoms with Crippen LogP contribution < -0.4 is 10.2 Å². The molecule has 0 aromatic carbocycles. The molecule has 1 N–H and O–H groups in total. The summed E-state index contributed by atoms with van der Waals surface area (Å²) in [5, 5.41) is 2.97. The first-order valence-corrected chi connectivity index (χ1v) is 6.53. The minimum atomic E-state index is 0.486. The Hall–Kier alpha value is -1.36. The fourth-order valence-electron chi connectivity index (χ4n) is 2.03. The second-order valence-electron chi connectivity index (χ2n) is 4.14. The zero-order valence-electron chi connectivity index (χ0n) is 11.8. The number of hydrogen-bond acceptors (Lipinski definition) is 5. The van der Waals surface area contributed by atoms with E-state index in [0.29, 0.717) is 18.6 Å². The van der Waals surface area contributed by atoms with E-state index in [4.69, 9.17) is 4.74 Å². The maximum atomic E-state index is 5.19. The van der Waals surface area contributed by atoms with Crippen LogP contribution in [0.1, 0.15) is 26.7 Å². The van der Waals surface area contributed by atoms with E-state index in [2.05, 4.69) is 34.0 Å². The van der Waals surface area contributed by atoms with Gasteiger partial charge in [0.1, 0.15) is 5.82 Å². The van der Waals surface area contributed by atoms with Gasteiger partial charge in [-0.2, -0.15) is 4.98 Å². The molecule has 1 aromatic rings. The molecule has 102 valence electrons. The number of rotatable bonds is 8. The molecule has 0 aliphatic heterocycles. The minimum absolute atomic E-state index is 0.486. The van der Waals surface area contributed by atoms with E-state index < -0.39 is 0 Å². The number of nitrogens with zero attached hydrogens (tertiary/aromatic N) is 3. The van der Waals surface area contributed by atoms with E-state index in [-0.39, 0.29) is 0 Å². The van der Waals surface area contributed by atoms with Crippen LogP contribution in [0.5, 0.6) is 0 Å². The van der Waals surface area contributed by atoms with Crippen molar-refractivity contribution in [2.24, 2.45) is 0 Å². The molecule has 5 nitrogen and oxygen atoms in total. The van der Waals surface area contributed by atoms with Crippen LogP contribution >= 0.6 is 0 Å². The Morgan fingerprint density at radius 3 is 2.67 bits per heavy atom. The van der Waals surface area contributed by atoms with Crippen LogP contribution in [0.4, 0.5) is 11.8 Å². The molecule has 0 spiro atoms. The number of aromatic nitrogens is 2. The van der Waals surface area contributed by atoms with Crippen molar-refractivity contribution in [2.45, 2.75) is 32.7 Å². The van der Waals surface area contributed by atoms with E-state index in [9.17, 15) is 0 Å². The molecule has 0 amide bonds. The Morgan fingerprint density at radius 2 is 2.11 bits per heavy atom. The molecule has 0 bridgehead atoms. The number of hydrogen-bond donors (Lipinski definition) is 1. The summed E-state index contributed by atoms with van der Waals surface area (Å²) in [4.78, 5) is 11.0. The van der Waals surface area contributed by atoms with Crippen molar-refractivity contribution in [1.82, 2.24) is 9.97 Å². The summed E-state index contributed by atoms with van der Waals surface area (Å²) in [6.45, 7) is 5.96. The summed E-state index contributed by atoms with van der Waals surface area (Å²) in [5.74, 6) is 1.61. The first-order chi connectivity index (χ1) is 8.76. The summed E-state index contributed by atoms with van der Waals surface area (Å²) in [7, 11) is 3.56. The van der Waals surface area contributed by atoms with Gasteiger partial charge in [0, 0.05) is 32.9 Å². The van der Waals surface area contributed by atoms with Crippen molar-refractivity contribution in [2.75, 3.05) is 37.5 Å². The number of ether oxygens (including phenoxy) is 1. The zero-order chi connectivity index (χ0) is 13.4. The van der Waals surface area contributed by atoms with Crippen molar-refractivity contribution in [3.63, 3.8) is 0 Å². The Bertz CT molecular complexity index is 342. The Balaban J connectivity index is 2.92. The van der Waals surface area contributed by atoms with Crippen molar-refractivity contribution in [3.8, 4) is 0 Å². The predicted molar refractivity (Wildman–Crippen MR) is 75.2 cm³/mol. The molecule has 18 heavy (non-hydrogen) atoms. The number of nitrogens with one attached hydrogen (secondary N) is 1. The van der Waals surface area contributed by atoms with E-state index in [1.807, 2.05) is 13.1 Å². The van der Waals surface area contributed by atoms with Gasteiger partial charge in [-0.25, -0.2) is 4.98 Å². The minimum Gasteiger partial charge on any atom is -0.383 e. The van der Waals surface area contributed by atoms with Crippen molar-refractivity contribution < 1.29 is 4.74 Å². The van der Waals surface area contributed by atoms with Gasteiger partial charge in [0.25, 0.3) is 0 Å². The molecular formula is C13H24N4O. The zero-order valence-corrected chi connectivity index (χ0v) is 11.8. The van der Waals surface area contributed by atoms with Crippen LogP contribution in [0, 0.1) is 0 Å². The Kier molecular flexibility index (Phi) is 6.43. The van der Waals surface area contributed by atoms with Gasteiger partial charge in [0.05, 0.1) is 6.61 Å². The van der Waals surface area contributed by atoms with Crippen LogP contribution in [-0.4, -0.2) is 43.3 Å². The summed E-state index contributed by atoms with van der Waals surface area (Å²) in [6.07, 6.45) is 3.98. The van der Waals surface area contributed by atoms with E-state index in [1.54, 1.807) is 13.3 Å². The first-order valence-electron chi connectivity index (χ1n) is 6.53. The van der Waals surface area contributed by atoms with E-state index in [1.165, 1.54) is 0 Å². The molecule has 0 aliphatic rings. The average molecular weight is 252 g/mol. The van der Waals surface area contributed by atoms with Gasteiger partial charge >= 0.3 is 0 Å². The smallest absolute Gasteiger partial charge is 0.224 e. The van der Waals surface area contributed by atoms with Crippen LogP contribution in [0.3, 0.4) is 0 Å². The van der Waals surface area contributed by atoms with Gasteiger partial charge in [-0.3, -0.25) is 0 Å². The second-order valence-corrected chi connectivity index (χ2v) is 4.14. The fourth-order valence-corrected chi connectivity index (χ4v) is 2.03. The molecule has 0 aliphatic carbocycles. The summed E-state index contributed by atoms with van der Waals surface area (Å²) < 4.78 is 5.19. The van der Waals surface area contributed by atoms with Gasteiger partial charge in [-0.1, -0.05) is 13.8 Å². The topological polar surface area (TPSA) is 50.3 Å². The summed E-state index contributed by atoms with van der Waals surface area (Å²) >= 11 is 0. The van der Waals surface area contributed by atoms with Crippen molar-refractivity contribution >= 4 is 11.8 Å². The molecule has 0 radical (unpaired) electrons. The number of anilines is 2. The van der Waals surface area contributed by atoms with Crippen LogP contribution in [0.25, 0.3) is 0 Å². The predicted octanol–water partition coefficient (Wildman–Crippen LogP) is 2.16. The Labute approximate surface area is 110 Å². The standard InChI is InChI=1S/C13H24N4O/c1-5-11(6-2)17(9-10-18-4)12-7-8-15-13(14-3)16-12/h7-8,11H,5-6,9-10H2,1-4H3,(H,14,15,16). The van der Waals surface area contributed by atoms with Crippen LogP contribution in [-0.2, 0) is 4.74 Å². The molecule has 1 heterocycles. The monoisotopic (exact) mass is 252 g/mol. The third-order valence-corrected chi connectivity index (χ3v) is 3.08. The lowest BCUT2D eigenvalue weighted by Crippen LogP contribution is -2.37. The SMILES string of the molecule is CCC(CC)N(CCOC)c1ccnc(NC)n1. The van der Waals surface area contributed by atoms with Crippen molar-refractivity contribution in [1.29, 1.82) is 0 Å². The van der Waals surface area contributed by atoms with Gasteiger partial charge in [-0.15, -0.1) is 0 Å². The molecule has 0 unspecified atom stereocenters. The highest BCUT2D eigenvalue weighted by Crippen LogP contribution is 2.18. The summed E-state index contributed by atoms with van der Waals surface area (Å²) in [6, 6.07) is 2.44. The number of methoxy groups -OCH3 is 1. The highest BCUT2D eigenvalue weighted by atomic mass is 16.5. The second kappa shape index (κ2) is 7.87. The highest BCUT2D eigenvalue weighted by Gasteiger charge is 2.17. The Morgan fingerprint density at radius 1 is 1.39 bits per heavy atom. The van der Waals surface area contributed by atoms with Gasteiger partial charge in [0.15, 0.2) is 0 Å². The van der Waals surface area contributed by atoms with Crippen LogP contribution in [0.2, 0.25) is 0 Å². The van der Waals surface area contributed by atoms with Gasteiger partial charge < -0.3 is 15.0 Å². The molecule has 0 saturated carbocycles. The molecule has 0 saturated heterocycles. The van der Waals surface area contributed by atoms with Gasteiger partial charge in [-0.05, 0) is 18.9 Å². The molecular weight excluding hydrogens is 228 g/mol.